The molecule has 0 atom stereocenters. The summed E-state index contributed by atoms with van der Waals surface area (Å²) in [5, 5.41) is 2.07. The highest BCUT2D eigenvalue weighted by Gasteiger charge is 2.33. The summed E-state index contributed by atoms with van der Waals surface area (Å²) in [6, 6.07) is 11.2. The van der Waals surface area contributed by atoms with Crippen LogP contribution in [0.1, 0.15) is 16.7 Å². The second-order valence-corrected chi connectivity index (χ2v) is 6.62. The van der Waals surface area contributed by atoms with E-state index >= 15 is 0 Å². The van der Waals surface area contributed by atoms with Gasteiger partial charge in [0, 0.05) is 11.4 Å². The number of alkyl halides is 3. The largest absolute Gasteiger partial charge is 0.417 e. The number of rotatable bonds is 5. The van der Waals surface area contributed by atoms with Crippen LogP contribution in [0.25, 0.3) is 0 Å². The Kier molecular flexibility index (Phi) is 6.18. The first-order valence-corrected chi connectivity index (χ1v) is 8.59. The van der Waals surface area contributed by atoms with Crippen molar-refractivity contribution >= 4 is 35.0 Å². The van der Waals surface area contributed by atoms with E-state index in [9.17, 15) is 18.0 Å². The highest BCUT2D eigenvalue weighted by Crippen LogP contribution is 2.36. The first-order valence-electron chi connectivity index (χ1n) is 7.05. The number of hydrogen-bond donors (Lipinski definition) is 1. The van der Waals surface area contributed by atoms with Crippen LogP contribution in [0.15, 0.2) is 42.5 Å². The van der Waals surface area contributed by atoms with Crippen LogP contribution in [0.3, 0.4) is 0 Å². The maximum Gasteiger partial charge on any atom is 0.417 e. The molecule has 2 nitrogen and oxygen atoms in total. The number of anilines is 1. The van der Waals surface area contributed by atoms with Crippen molar-refractivity contribution in [1.29, 1.82) is 0 Å². The third kappa shape index (κ3) is 5.46. The number of thioether (sulfide) groups is 1. The van der Waals surface area contributed by atoms with E-state index < -0.39 is 16.8 Å². The van der Waals surface area contributed by atoms with Crippen molar-refractivity contribution in [2.45, 2.75) is 18.9 Å². The lowest BCUT2D eigenvalue weighted by Gasteiger charge is -2.11. The fraction of sp³-hybridized carbons (Fsp3) is 0.235. The molecule has 0 fully saturated rings. The number of nitrogens with one attached hydrogen (secondary N) is 1. The quantitative estimate of drug-likeness (QED) is 0.745. The Bertz CT molecular complexity index is 734. The summed E-state index contributed by atoms with van der Waals surface area (Å²) in [6.07, 6.45) is -4.56. The van der Waals surface area contributed by atoms with Crippen LogP contribution in [0.4, 0.5) is 18.9 Å². The van der Waals surface area contributed by atoms with Crippen molar-refractivity contribution in [3.63, 3.8) is 0 Å². The number of carbonyl (C=O) groups excluding carboxylic acids is 1. The van der Waals surface area contributed by atoms with Gasteiger partial charge >= 0.3 is 6.18 Å². The highest BCUT2D eigenvalue weighted by molar-refractivity contribution is 7.99. The fourth-order valence-corrected chi connectivity index (χ4v) is 3.08. The first-order chi connectivity index (χ1) is 11.3. The van der Waals surface area contributed by atoms with Crippen LogP contribution in [0.5, 0.6) is 0 Å². The van der Waals surface area contributed by atoms with Crippen LogP contribution in [-0.2, 0) is 16.7 Å². The van der Waals surface area contributed by atoms with Gasteiger partial charge in [0.1, 0.15) is 0 Å². The molecule has 0 aromatic heterocycles. The molecule has 0 heterocycles. The van der Waals surface area contributed by atoms with Crippen molar-refractivity contribution in [2.24, 2.45) is 0 Å². The van der Waals surface area contributed by atoms with Crippen LogP contribution in [0, 0.1) is 6.92 Å². The second kappa shape index (κ2) is 7.94. The maximum absolute atomic E-state index is 12.8. The molecule has 2 rings (SSSR count). The van der Waals surface area contributed by atoms with E-state index in [1.165, 1.54) is 17.8 Å². The lowest BCUT2D eigenvalue weighted by Crippen LogP contribution is -2.15. The molecule has 7 heteroatoms. The molecule has 0 aliphatic rings. The van der Waals surface area contributed by atoms with E-state index in [1.54, 1.807) is 0 Å². The average molecular weight is 374 g/mol. The molecule has 0 bridgehead atoms. The molecule has 0 saturated carbocycles. The minimum atomic E-state index is -4.56. The summed E-state index contributed by atoms with van der Waals surface area (Å²) in [5.41, 5.74) is 1.35. The average Bonchev–Trinajstić information content (AvgIpc) is 2.48. The molecule has 128 valence electrons. The van der Waals surface area contributed by atoms with E-state index in [4.69, 9.17) is 11.6 Å². The summed E-state index contributed by atoms with van der Waals surface area (Å²) >= 11 is 6.94. The van der Waals surface area contributed by atoms with Crippen molar-refractivity contribution in [3.05, 3.63) is 64.2 Å². The zero-order chi connectivity index (χ0) is 17.7. The molecule has 2 aromatic carbocycles. The molecule has 0 spiro atoms. The van der Waals surface area contributed by atoms with Gasteiger partial charge in [0.15, 0.2) is 0 Å². The fourth-order valence-electron chi connectivity index (χ4n) is 2.08. The van der Waals surface area contributed by atoms with Crippen molar-refractivity contribution in [1.82, 2.24) is 0 Å². The standard InChI is InChI=1S/C17H15ClF3NOS/c1-11-3-2-4-12(7-11)9-24-10-16(23)22-13-5-6-15(18)14(8-13)17(19,20)21/h2-8H,9-10H2,1H3,(H,22,23). The van der Waals surface area contributed by atoms with E-state index in [0.717, 1.165) is 23.3 Å². The Morgan fingerprint density at radius 3 is 2.62 bits per heavy atom. The van der Waals surface area contributed by atoms with Gasteiger partial charge in [-0.1, -0.05) is 41.4 Å². The van der Waals surface area contributed by atoms with Gasteiger partial charge in [0.25, 0.3) is 0 Å². The van der Waals surface area contributed by atoms with Crippen molar-refractivity contribution < 1.29 is 18.0 Å². The summed E-state index contributed by atoms with van der Waals surface area (Å²) in [5.74, 6) is 0.449. The van der Waals surface area contributed by atoms with Gasteiger partial charge in [-0.2, -0.15) is 13.2 Å². The summed E-state index contributed by atoms with van der Waals surface area (Å²) < 4.78 is 38.4. The molecule has 0 aliphatic carbocycles. The normalized spacial score (nSPS) is 11.4. The van der Waals surface area contributed by atoms with Crippen LogP contribution in [0.2, 0.25) is 5.02 Å². The highest BCUT2D eigenvalue weighted by atomic mass is 35.5. The number of amides is 1. The number of aryl methyl sites for hydroxylation is 1. The van der Waals surface area contributed by atoms with Crippen molar-refractivity contribution in [3.8, 4) is 0 Å². The van der Waals surface area contributed by atoms with Gasteiger partial charge in [-0.05, 0) is 30.7 Å². The molecular weight excluding hydrogens is 359 g/mol. The Morgan fingerprint density at radius 1 is 1.21 bits per heavy atom. The molecule has 0 radical (unpaired) electrons. The van der Waals surface area contributed by atoms with Crippen LogP contribution in [-0.4, -0.2) is 11.7 Å². The molecule has 1 N–H and O–H groups in total. The predicted molar refractivity (Wildman–Crippen MR) is 92.4 cm³/mol. The maximum atomic E-state index is 12.8. The first kappa shape index (κ1) is 18.7. The van der Waals surface area contributed by atoms with Crippen LogP contribution >= 0.6 is 23.4 Å². The number of hydrogen-bond acceptors (Lipinski definition) is 2. The van der Waals surface area contributed by atoms with Gasteiger partial charge in [-0.15, -0.1) is 11.8 Å². The van der Waals surface area contributed by atoms with Gasteiger partial charge < -0.3 is 5.32 Å². The summed E-state index contributed by atoms with van der Waals surface area (Å²) in [6.45, 7) is 1.99. The Morgan fingerprint density at radius 2 is 1.96 bits per heavy atom. The van der Waals surface area contributed by atoms with E-state index in [-0.39, 0.29) is 17.3 Å². The number of benzene rings is 2. The number of carbonyl (C=O) groups is 1. The molecular formula is C17H15ClF3NOS. The molecule has 0 unspecified atom stereocenters. The topological polar surface area (TPSA) is 29.1 Å². The second-order valence-electron chi connectivity index (χ2n) is 5.22. The Hall–Kier alpha value is -1.66. The Balaban J connectivity index is 1.91. The van der Waals surface area contributed by atoms with Crippen molar-refractivity contribution in [2.75, 3.05) is 11.1 Å². The summed E-state index contributed by atoms with van der Waals surface area (Å²) in [7, 11) is 0. The lowest BCUT2D eigenvalue weighted by atomic mass is 10.2. The zero-order valence-electron chi connectivity index (χ0n) is 12.8. The van der Waals surface area contributed by atoms with Gasteiger partial charge in [-0.25, -0.2) is 0 Å². The predicted octanol–water partition coefficient (Wildman–Crippen LogP) is 5.54. The molecule has 1 amide bonds. The summed E-state index contributed by atoms with van der Waals surface area (Å²) in [4.78, 5) is 11.9. The van der Waals surface area contributed by atoms with Gasteiger partial charge in [0.2, 0.25) is 5.91 Å². The molecule has 2 aromatic rings. The minimum absolute atomic E-state index is 0.0767. The van der Waals surface area contributed by atoms with Gasteiger partial charge in [0.05, 0.1) is 16.3 Å². The monoisotopic (exact) mass is 373 g/mol. The lowest BCUT2D eigenvalue weighted by molar-refractivity contribution is -0.137. The molecule has 24 heavy (non-hydrogen) atoms. The Labute approximate surface area is 147 Å². The van der Waals surface area contributed by atoms with E-state index in [0.29, 0.717) is 5.75 Å². The third-order valence-corrected chi connectivity index (χ3v) is 4.47. The van der Waals surface area contributed by atoms with E-state index in [1.807, 2.05) is 31.2 Å². The van der Waals surface area contributed by atoms with Crippen LogP contribution < -0.4 is 5.32 Å². The smallest absolute Gasteiger partial charge is 0.325 e. The third-order valence-electron chi connectivity index (χ3n) is 3.14. The number of halogens is 4. The molecule has 0 aliphatic heterocycles. The molecule has 0 saturated heterocycles. The zero-order valence-corrected chi connectivity index (χ0v) is 14.4. The minimum Gasteiger partial charge on any atom is -0.325 e. The SMILES string of the molecule is Cc1cccc(CSCC(=O)Nc2ccc(Cl)c(C(F)(F)F)c2)c1. The van der Waals surface area contributed by atoms with Gasteiger partial charge in [-0.3, -0.25) is 4.79 Å². The van der Waals surface area contributed by atoms with E-state index in [2.05, 4.69) is 5.32 Å².